The zero-order chi connectivity index (χ0) is 14.7. The summed E-state index contributed by atoms with van der Waals surface area (Å²) in [6.07, 6.45) is 1.26. The van der Waals surface area contributed by atoms with E-state index in [2.05, 4.69) is 47.9 Å². The topological polar surface area (TPSA) is 30.5 Å². The highest BCUT2D eigenvalue weighted by atomic mass is 32.2. The number of rotatable bonds is 5. The molecule has 2 atom stereocenters. The first-order valence-electron chi connectivity index (χ1n) is 7.52. The van der Waals surface area contributed by atoms with Gasteiger partial charge in [-0.1, -0.05) is 0 Å². The molecule has 0 spiro atoms. The van der Waals surface area contributed by atoms with Crippen LogP contribution in [0.5, 0.6) is 11.5 Å². The second-order valence-electron chi connectivity index (χ2n) is 5.60. The van der Waals surface area contributed by atoms with Gasteiger partial charge in [-0.15, -0.1) is 0 Å². The first-order valence-corrected chi connectivity index (χ1v) is 9.73. The lowest BCUT2D eigenvalue weighted by Crippen LogP contribution is -2.28. The molecule has 2 unspecified atom stereocenters. The quantitative estimate of drug-likeness (QED) is 0.899. The summed E-state index contributed by atoms with van der Waals surface area (Å²) in [5.41, 5.74) is 2.46. The van der Waals surface area contributed by atoms with Crippen molar-refractivity contribution < 1.29 is 9.47 Å². The number of hydrogen-bond donors (Lipinski definition) is 1. The molecule has 2 aliphatic heterocycles. The first kappa shape index (κ1) is 15.4. The van der Waals surface area contributed by atoms with Crippen LogP contribution in [0.4, 0.5) is 0 Å². The highest BCUT2D eigenvalue weighted by molar-refractivity contribution is 8.06. The molecule has 116 valence electrons. The summed E-state index contributed by atoms with van der Waals surface area (Å²) in [4.78, 5) is 0. The van der Waals surface area contributed by atoms with Gasteiger partial charge < -0.3 is 14.8 Å². The average Bonchev–Trinajstić information content (AvgIpc) is 2.86. The van der Waals surface area contributed by atoms with Gasteiger partial charge in [-0.3, -0.25) is 0 Å². The van der Waals surface area contributed by atoms with E-state index in [1.54, 1.807) is 7.11 Å². The van der Waals surface area contributed by atoms with Crippen molar-refractivity contribution >= 4 is 23.5 Å². The molecule has 1 N–H and O–H groups in total. The number of hydrogen-bond acceptors (Lipinski definition) is 5. The Morgan fingerprint density at radius 2 is 2.29 bits per heavy atom. The number of benzene rings is 1. The Balaban J connectivity index is 1.60. The molecule has 3 rings (SSSR count). The van der Waals surface area contributed by atoms with E-state index in [1.807, 2.05) is 0 Å². The maximum Gasteiger partial charge on any atom is 0.123 e. The average molecular weight is 325 g/mol. The van der Waals surface area contributed by atoms with E-state index in [4.69, 9.17) is 9.47 Å². The fraction of sp³-hybridized carbons (Fsp3) is 0.625. The Kier molecular flexibility index (Phi) is 5.24. The van der Waals surface area contributed by atoms with Crippen molar-refractivity contribution in [1.29, 1.82) is 0 Å². The third-order valence-corrected chi connectivity index (χ3v) is 6.72. The Bertz CT molecular complexity index is 489. The van der Waals surface area contributed by atoms with Gasteiger partial charge in [-0.2, -0.15) is 23.5 Å². The molecule has 1 aromatic carbocycles. The summed E-state index contributed by atoms with van der Waals surface area (Å²) in [5.74, 6) is 5.85. The summed E-state index contributed by atoms with van der Waals surface area (Å²) < 4.78 is 11.4. The molecule has 1 saturated heterocycles. The minimum Gasteiger partial charge on any atom is -0.496 e. The number of fused-ring (bicyclic) bond motifs is 1. The minimum atomic E-state index is 0.281. The normalized spacial score (nSPS) is 24.5. The molecule has 1 fully saturated rings. The van der Waals surface area contributed by atoms with Crippen molar-refractivity contribution in [2.75, 3.05) is 30.9 Å². The fourth-order valence-corrected chi connectivity index (χ4v) is 5.48. The molecular formula is C16H23NO2S2. The Morgan fingerprint density at radius 1 is 1.38 bits per heavy atom. The lowest BCUT2D eigenvalue weighted by atomic mass is 10.1. The van der Waals surface area contributed by atoms with Gasteiger partial charge in [0.25, 0.3) is 0 Å². The van der Waals surface area contributed by atoms with Crippen molar-refractivity contribution in [3.05, 3.63) is 23.3 Å². The van der Waals surface area contributed by atoms with Gasteiger partial charge in [0.05, 0.1) is 7.11 Å². The monoisotopic (exact) mass is 325 g/mol. The van der Waals surface area contributed by atoms with Crippen LogP contribution in [0.1, 0.15) is 18.1 Å². The van der Waals surface area contributed by atoms with Crippen molar-refractivity contribution in [1.82, 2.24) is 5.32 Å². The number of thioether (sulfide) groups is 2. The van der Waals surface area contributed by atoms with Gasteiger partial charge in [0.1, 0.15) is 17.6 Å². The summed E-state index contributed by atoms with van der Waals surface area (Å²) in [5, 5.41) is 4.32. The largest absolute Gasteiger partial charge is 0.496 e. The van der Waals surface area contributed by atoms with Gasteiger partial charge in [-0.05, 0) is 19.1 Å². The third-order valence-electron chi connectivity index (χ3n) is 3.87. The van der Waals surface area contributed by atoms with Crippen LogP contribution >= 0.6 is 23.5 Å². The predicted octanol–water partition coefficient (Wildman–Crippen LogP) is 2.96. The predicted molar refractivity (Wildman–Crippen MR) is 92.1 cm³/mol. The summed E-state index contributed by atoms with van der Waals surface area (Å²) >= 11 is 4.16. The Hall–Kier alpha value is -0.520. The minimum absolute atomic E-state index is 0.281. The molecule has 0 saturated carbocycles. The molecule has 2 heterocycles. The molecule has 0 aromatic heterocycles. The van der Waals surface area contributed by atoms with Crippen LogP contribution in [0, 0.1) is 0 Å². The zero-order valence-electron chi connectivity index (χ0n) is 12.7. The smallest absolute Gasteiger partial charge is 0.123 e. The van der Waals surface area contributed by atoms with Crippen LogP contribution < -0.4 is 14.8 Å². The fourth-order valence-electron chi connectivity index (χ4n) is 2.83. The van der Waals surface area contributed by atoms with Gasteiger partial charge in [0, 0.05) is 53.1 Å². The van der Waals surface area contributed by atoms with E-state index in [0.717, 1.165) is 36.3 Å². The lowest BCUT2D eigenvalue weighted by Gasteiger charge is -2.21. The molecule has 21 heavy (non-hydrogen) atoms. The van der Waals surface area contributed by atoms with E-state index in [-0.39, 0.29) is 6.10 Å². The summed E-state index contributed by atoms with van der Waals surface area (Å²) in [6, 6.07) is 4.29. The molecule has 0 radical (unpaired) electrons. The SMILES string of the molecule is COc1cc2c(cc1CNCC1CSCCS1)OC(C)C2. The number of ether oxygens (including phenoxy) is 2. The number of nitrogens with one attached hydrogen (secondary N) is 1. The second-order valence-corrected chi connectivity index (χ2v) is 8.16. The lowest BCUT2D eigenvalue weighted by molar-refractivity contribution is 0.254. The molecule has 1 aromatic rings. The van der Waals surface area contributed by atoms with Crippen molar-refractivity contribution in [3.63, 3.8) is 0 Å². The summed E-state index contributed by atoms with van der Waals surface area (Å²) in [7, 11) is 1.75. The van der Waals surface area contributed by atoms with Gasteiger partial charge in [0.2, 0.25) is 0 Å². The standard InChI is InChI=1S/C16H23NO2S2/c1-11-5-12-6-15(18-2)13(7-16(12)19-11)8-17-9-14-10-20-3-4-21-14/h6-7,11,14,17H,3-5,8-10H2,1-2H3. The van der Waals surface area contributed by atoms with Crippen LogP contribution in [-0.4, -0.2) is 42.3 Å². The van der Waals surface area contributed by atoms with Crippen molar-refractivity contribution in [2.45, 2.75) is 31.2 Å². The zero-order valence-corrected chi connectivity index (χ0v) is 14.3. The van der Waals surface area contributed by atoms with E-state index in [0.29, 0.717) is 0 Å². The van der Waals surface area contributed by atoms with Crippen LogP contribution in [0.2, 0.25) is 0 Å². The molecule has 5 heteroatoms. The molecule has 0 aliphatic carbocycles. The second kappa shape index (κ2) is 7.16. The van der Waals surface area contributed by atoms with Crippen molar-refractivity contribution in [2.24, 2.45) is 0 Å². The first-order chi connectivity index (χ1) is 10.3. The van der Waals surface area contributed by atoms with Gasteiger partial charge in [0.15, 0.2) is 0 Å². The van der Waals surface area contributed by atoms with Crippen molar-refractivity contribution in [3.8, 4) is 11.5 Å². The van der Waals surface area contributed by atoms with E-state index in [9.17, 15) is 0 Å². The van der Waals surface area contributed by atoms with Crippen LogP contribution in [0.25, 0.3) is 0 Å². The van der Waals surface area contributed by atoms with Gasteiger partial charge >= 0.3 is 0 Å². The molecule has 3 nitrogen and oxygen atoms in total. The molecular weight excluding hydrogens is 302 g/mol. The maximum absolute atomic E-state index is 5.85. The Labute approximate surface area is 135 Å². The molecule has 2 aliphatic rings. The van der Waals surface area contributed by atoms with E-state index >= 15 is 0 Å². The third kappa shape index (κ3) is 3.82. The Morgan fingerprint density at radius 3 is 3.05 bits per heavy atom. The highest BCUT2D eigenvalue weighted by Gasteiger charge is 2.21. The molecule has 0 bridgehead atoms. The van der Waals surface area contributed by atoms with Crippen LogP contribution in [0.3, 0.4) is 0 Å². The van der Waals surface area contributed by atoms with Crippen LogP contribution in [0.15, 0.2) is 12.1 Å². The number of methoxy groups -OCH3 is 1. The van der Waals surface area contributed by atoms with E-state index in [1.165, 1.54) is 28.4 Å². The van der Waals surface area contributed by atoms with Gasteiger partial charge in [-0.25, -0.2) is 0 Å². The maximum atomic E-state index is 5.85. The summed E-state index contributed by atoms with van der Waals surface area (Å²) in [6.45, 7) is 4.02. The highest BCUT2D eigenvalue weighted by Crippen LogP contribution is 2.35. The molecule has 0 amide bonds. The van der Waals surface area contributed by atoms with Crippen LogP contribution in [-0.2, 0) is 13.0 Å². The van der Waals surface area contributed by atoms with E-state index < -0.39 is 0 Å².